The normalized spacial score (nSPS) is 10.7. The lowest BCUT2D eigenvalue weighted by Crippen LogP contribution is -2.20. The van der Waals surface area contributed by atoms with Gasteiger partial charge in [-0.15, -0.1) is 0 Å². The topological polar surface area (TPSA) is 76.2 Å². The van der Waals surface area contributed by atoms with Crippen LogP contribution in [-0.4, -0.2) is 29.1 Å². The molecule has 6 nitrogen and oxygen atoms in total. The van der Waals surface area contributed by atoms with E-state index in [1.807, 2.05) is 60.7 Å². The molecule has 0 aliphatic heterocycles. The Balaban J connectivity index is 1.41. The second-order valence-corrected chi connectivity index (χ2v) is 6.80. The summed E-state index contributed by atoms with van der Waals surface area (Å²) in [7, 11) is 0. The number of ether oxygens (including phenoxy) is 2. The monoisotopic (exact) mass is 401 g/mol. The summed E-state index contributed by atoms with van der Waals surface area (Å²) in [6.45, 7) is 2.64. The summed E-state index contributed by atoms with van der Waals surface area (Å²) < 4.78 is 11.2. The number of para-hydroxylation sites is 3. The molecule has 6 heteroatoms. The average Bonchev–Trinajstić information content (AvgIpc) is 3.21. The minimum atomic E-state index is -0.245. The van der Waals surface area contributed by atoms with Crippen molar-refractivity contribution in [3.8, 4) is 22.9 Å². The lowest BCUT2D eigenvalue weighted by Gasteiger charge is -2.11. The number of imidazole rings is 1. The molecule has 0 bridgehead atoms. The Morgan fingerprint density at radius 3 is 2.40 bits per heavy atom. The highest BCUT2D eigenvalue weighted by molar-refractivity contribution is 5.96. The first-order valence-electron chi connectivity index (χ1n) is 9.92. The van der Waals surface area contributed by atoms with Crippen molar-refractivity contribution in [2.24, 2.45) is 0 Å². The number of hydrogen-bond donors (Lipinski definition) is 2. The van der Waals surface area contributed by atoms with E-state index in [1.54, 1.807) is 12.1 Å². The standard InChI is InChI=1S/C24H23N3O3/c1-2-15-29-17-11-13-18(14-12-17)30-16-23(28)25-20-8-4-3-7-19(20)24-26-21-9-5-6-10-22(21)27-24/h3-14H,2,15-16H2,1H3,(H,25,28)(H,26,27). The van der Waals surface area contributed by atoms with E-state index in [4.69, 9.17) is 9.47 Å². The van der Waals surface area contributed by atoms with Crippen molar-refractivity contribution >= 4 is 22.6 Å². The highest BCUT2D eigenvalue weighted by Crippen LogP contribution is 2.27. The summed E-state index contributed by atoms with van der Waals surface area (Å²) in [5.41, 5.74) is 3.32. The second-order valence-electron chi connectivity index (χ2n) is 6.80. The average molecular weight is 401 g/mol. The third kappa shape index (κ3) is 4.60. The largest absolute Gasteiger partial charge is 0.494 e. The molecular weight excluding hydrogens is 378 g/mol. The molecule has 1 aromatic heterocycles. The molecule has 0 fully saturated rings. The van der Waals surface area contributed by atoms with Gasteiger partial charge in [-0.05, 0) is 55.0 Å². The highest BCUT2D eigenvalue weighted by atomic mass is 16.5. The maximum Gasteiger partial charge on any atom is 0.262 e. The van der Waals surface area contributed by atoms with Gasteiger partial charge in [0.05, 0.1) is 23.3 Å². The molecule has 0 radical (unpaired) electrons. The Labute approximate surface area is 174 Å². The van der Waals surface area contributed by atoms with Gasteiger partial charge in [0.2, 0.25) is 0 Å². The molecule has 30 heavy (non-hydrogen) atoms. The zero-order valence-corrected chi connectivity index (χ0v) is 16.7. The SMILES string of the molecule is CCCOc1ccc(OCC(=O)Nc2ccccc2-c2nc3ccccc3[nH]2)cc1. The van der Waals surface area contributed by atoms with Gasteiger partial charge in [0.15, 0.2) is 6.61 Å². The van der Waals surface area contributed by atoms with Crippen LogP contribution in [0.25, 0.3) is 22.4 Å². The van der Waals surface area contributed by atoms with Crippen molar-refractivity contribution in [3.63, 3.8) is 0 Å². The van der Waals surface area contributed by atoms with Gasteiger partial charge in [-0.3, -0.25) is 4.79 Å². The van der Waals surface area contributed by atoms with E-state index in [-0.39, 0.29) is 12.5 Å². The first kappa shape index (κ1) is 19.5. The van der Waals surface area contributed by atoms with Crippen LogP contribution >= 0.6 is 0 Å². The highest BCUT2D eigenvalue weighted by Gasteiger charge is 2.12. The summed E-state index contributed by atoms with van der Waals surface area (Å²) >= 11 is 0. The number of nitrogens with one attached hydrogen (secondary N) is 2. The lowest BCUT2D eigenvalue weighted by molar-refractivity contribution is -0.118. The summed E-state index contributed by atoms with van der Waals surface area (Å²) in [5, 5.41) is 2.91. The molecule has 152 valence electrons. The fourth-order valence-electron chi connectivity index (χ4n) is 3.07. The van der Waals surface area contributed by atoms with Crippen molar-refractivity contribution in [1.82, 2.24) is 9.97 Å². The van der Waals surface area contributed by atoms with Gasteiger partial charge < -0.3 is 19.8 Å². The van der Waals surface area contributed by atoms with E-state index in [0.29, 0.717) is 23.9 Å². The number of carbonyl (C=O) groups is 1. The molecular formula is C24H23N3O3. The Morgan fingerprint density at radius 1 is 0.933 bits per heavy atom. The third-order valence-electron chi connectivity index (χ3n) is 4.51. The van der Waals surface area contributed by atoms with Crippen molar-refractivity contribution in [2.45, 2.75) is 13.3 Å². The van der Waals surface area contributed by atoms with Gasteiger partial charge >= 0.3 is 0 Å². The van der Waals surface area contributed by atoms with Crippen LogP contribution in [-0.2, 0) is 4.79 Å². The first-order chi connectivity index (χ1) is 14.7. The predicted octanol–water partition coefficient (Wildman–Crippen LogP) is 5.04. The predicted molar refractivity (Wildman–Crippen MR) is 118 cm³/mol. The Bertz CT molecular complexity index is 1100. The van der Waals surface area contributed by atoms with E-state index >= 15 is 0 Å². The maximum absolute atomic E-state index is 12.5. The van der Waals surface area contributed by atoms with Crippen molar-refractivity contribution in [3.05, 3.63) is 72.8 Å². The van der Waals surface area contributed by atoms with Crippen LogP contribution in [0.2, 0.25) is 0 Å². The maximum atomic E-state index is 12.5. The number of amides is 1. The van der Waals surface area contributed by atoms with Gasteiger partial charge in [-0.1, -0.05) is 31.2 Å². The fourth-order valence-corrected chi connectivity index (χ4v) is 3.07. The number of H-pyrrole nitrogens is 1. The number of rotatable bonds is 8. The van der Waals surface area contributed by atoms with Gasteiger partial charge in [0, 0.05) is 5.56 Å². The van der Waals surface area contributed by atoms with Crippen LogP contribution in [0, 0.1) is 0 Å². The Morgan fingerprint density at radius 2 is 1.63 bits per heavy atom. The quantitative estimate of drug-likeness (QED) is 0.434. The molecule has 0 aliphatic rings. The van der Waals surface area contributed by atoms with Gasteiger partial charge in [0.25, 0.3) is 5.91 Å². The number of fused-ring (bicyclic) bond motifs is 1. The zero-order valence-electron chi connectivity index (χ0n) is 16.7. The summed E-state index contributed by atoms with van der Waals surface area (Å²) in [6, 6.07) is 22.6. The van der Waals surface area contributed by atoms with Crippen LogP contribution < -0.4 is 14.8 Å². The van der Waals surface area contributed by atoms with E-state index in [0.717, 1.165) is 28.8 Å². The van der Waals surface area contributed by atoms with E-state index in [1.165, 1.54) is 0 Å². The zero-order chi connectivity index (χ0) is 20.8. The number of aromatic nitrogens is 2. The van der Waals surface area contributed by atoms with E-state index < -0.39 is 0 Å². The molecule has 0 unspecified atom stereocenters. The van der Waals surface area contributed by atoms with Crippen LogP contribution in [0.1, 0.15) is 13.3 Å². The van der Waals surface area contributed by atoms with Crippen LogP contribution in [0.15, 0.2) is 72.8 Å². The van der Waals surface area contributed by atoms with Crippen LogP contribution in [0.3, 0.4) is 0 Å². The minimum absolute atomic E-state index is 0.0936. The molecule has 4 rings (SSSR count). The molecule has 0 saturated carbocycles. The van der Waals surface area contributed by atoms with Crippen LogP contribution in [0.5, 0.6) is 11.5 Å². The third-order valence-corrected chi connectivity index (χ3v) is 4.51. The number of aromatic amines is 1. The van der Waals surface area contributed by atoms with E-state index in [2.05, 4.69) is 22.2 Å². The number of hydrogen-bond acceptors (Lipinski definition) is 4. The van der Waals surface area contributed by atoms with Crippen molar-refractivity contribution < 1.29 is 14.3 Å². The summed E-state index contributed by atoms with van der Waals surface area (Å²) in [6.07, 6.45) is 0.952. The molecule has 0 spiro atoms. The number of benzene rings is 3. The molecule has 0 atom stereocenters. The second kappa shape index (κ2) is 9.13. The van der Waals surface area contributed by atoms with Crippen LogP contribution in [0.4, 0.5) is 5.69 Å². The number of carbonyl (C=O) groups excluding carboxylic acids is 1. The van der Waals surface area contributed by atoms with Gasteiger partial charge in [-0.2, -0.15) is 0 Å². The molecule has 3 aromatic carbocycles. The fraction of sp³-hybridized carbons (Fsp3) is 0.167. The summed E-state index contributed by atoms with van der Waals surface area (Å²) in [4.78, 5) is 20.4. The number of anilines is 1. The van der Waals surface area contributed by atoms with Gasteiger partial charge in [0.1, 0.15) is 17.3 Å². The molecule has 4 aromatic rings. The van der Waals surface area contributed by atoms with E-state index in [9.17, 15) is 4.79 Å². The molecule has 0 saturated heterocycles. The van der Waals surface area contributed by atoms with Crippen molar-refractivity contribution in [1.29, 1.82) is 0 Å². The van der Waals surface area contributed by atoms with Crippen molar-refractivity contribution in [2.75, 3.05) is 18.5 Å². The summed E-state index contributed by atoms with van der Waals surface area (Å²) in [5.74, 6) is 1.86. The lowest BCUT2D eigenvalue weighted by atomic mass is 10.1. The minimum Gasteiger partial charge on any atom is -0.494 e. The molecule has 0 aliphatic carbocycles. The van der Waals surface area contributed by atoms with Gasteiger partial charge in [-0.25, -0.2) is 4.98 Å². The first-order valence-corrected chi connectivity index (χ1v) is 9.92. The Kier molecular flexibility index (Phi) is 5.94. The molecule has 1 heterocycles. The smallest absolute Gasteiger partial charge is 0.262 e. The Hall–Kier alpha value is -3.80. The molecule has 1 amide bonds. The molecule has 2 N–H and O–H groups in total. The number of nitrogens with zero attached hydrogens (tertiary/aromatic N) is 1.